The van der Waals surface area contributed by atoms with Gasteiger partial charge in [0.15, 0.2) is 0 Å². The molecular formula is C16H23N5O. The molecule has 0 atom stereocenters. The molecule has 0 saturated carbocycles. The number of hydrogen-bond donors (Lipinski definition) is 1. The summed E-state index contributed by atoms with van der Waals surface area (Å²) < 4.78 is 0. The molecular weight excluding hydrogens is 278 g/mol. The zero-order valence-electron chi connectivity index (χ0n) is 13.5. The van der Waals surface area contributed by atoms with Crippen LogP contribution in [0.15, 0.2) is 12.1 Å². The molecule has 6 nitrogen and oxygen atoms in total. The minimum atomic E-state index is 0.0334. The van der Waals surface area contributed by atoms with Gasteiger partial charge in [-0.05, 0) is 18.1 Å². The molecule has 1 amide bonds. The summed E-state index contributed by atoms with van der Waals surface area (Å²) in [4.78, 5) is 20.4. The number of nitriles is 1. The second kappa shape index (κ2) is 7.23. The monoisotopic (exact) mass is 301 g/mol. The van der Waals surface area contributed by atoms with Gasteiger partial charge in [-0.15, -0.1) is 0 Å². The molecule has 118 valence electrons. The smallest absolute Gasteiger partial charge is 0.233 e. The zero-order chi connectivity index (χ0) is 16.1. The number of anilines is 1. The minimum absolute atomic E-state index is 0.0334. The van der Waals surface area contributed by atoms with Crippen LogP contribution in [0.5, 0.6) is 0 Å². The highest BCUT2D eigenvalue weighted by Crippen LogP contribution is 2.22. The molecule has 0 radical (unpaired) electrons. The van der Waals surface area contributed by atoms with E-state index in [0.717, 1.165) is 37.7 Å². The number of pyridine rings is 1. The van der Waals surface area contributed by atoms with E-state index < -0.39 is 0 Å². The van der Waals surface area contributed by atoms with Gasteiger partial charge in [0, 0.05) is 38.9 Å². The van der Waals surface area contributed by atoms with Crippen molar-refractivity contribution >= 4 is 11.7 Å². The fourth-order valence-corrected chi connectivity index (χ4v) is 2.51. The van der Waals surface area contributed by atoms with Crippen molar-refractivity contribution in [2.75, 3.05) is 44.7 Å². The highest BCUT2D eigenvalue weighted by Gasteiger charge is 2.22. The second-order valence-electron chi connectivity index (χ2n) is 5.81. The van der Waals surface area contributed by atoms with Gasteiger partial charge in [0.05, 0.1) is 12.1 Å². The Hall–Kier alpha value is -2.13. The summed E-state index contributed by atoms with van der Waals surface area (Å²) in [5, 5.41) is 11.9. The normalized spacial score (nSPS) is 15.7. The van der Waals surface area contributed by atoms with Crippen LogP contribution in [0.4, 0.5) is 5.82 Å². The number of nitrogens with one attached hydrogen (secondary N) is 1. The molecule has 1 fully saturated rings. The van der Waals surface area contributed by atoms with Gasteiger partial charge < -0.3 is 10.2 Å². The third kappa shape index (κ3) is 3.74. The zero-order valence-corrected chi connectivity index (χ0v) is 13.5. The summed E-state index contributed by atoms with van der Waals surface area (Å²) >= 11 is 0. The lowest BCUT2D eigenvalue weighted by Gasteiger charge is -2.35. The maximum Gasteiger partial charge on any atom is 0.233 e. The van der Waals surface area contributed by atoms with E-state index in [1.165, 1.54) is 0 Å². The largest absolute Gasteiger partial charge is 0.358 e. The molecule has 1 aliphatic heterocycles. The van der Waals surface area contributed by atoms with Crippen molar-refractivity contribution in [3.05, 3.63) is 23.4 Å². The molecule has 0 aromatic carbocycles. The van der Waals surface area contributed by atoms with Crippen LogP contribution in [0, 0.1) is 11.3 Å². The predicted octanol–water partition coefficient (Wildman–Crippen LogP) is 0.945. The Morgan fingerprint density at radius 1 is 1.36 bits per heavy atom. The molecule has 22 heavy (non-hydrogen) atoms. The molecule has 1 saturated heterocycles. The molecule has 0 bridgehead atoms. The SMILES string of the molecule is CNC(=O)CN1CCN(c2nc(C(C)C)ccc2C#N)CC1. The van der Waals surface area contributed by atoms with Crippen LogP contribution in [0.25, 0.3) is 0 Å². The van der Waals surface area contributed by atoms with Crippen LogP contribution < -0.4 is 10.2 Å². The number of likely N-dealkylation sites (N-methyl/N-ethyl adjacent to an activating group) is 1. The summed E-state index contributed by atoms with van der Waals surface area (Å²) in [5.41, 5.74) is 1.62. The molecule has 1 aromatic rings. The lowest BCUT2D eigenvalue weighted by atomic mass is 10.1. The van der Waals surface area contributed by atoms with E-state index in [1.54, 1.807) is 7.05 Å². The third-order valence-corrected chi connectivity index (χ3v) is 3.93. The molecule has 2 rings (SSSR count). The molecule has 2 heterocycles. The van der Waals surface area contributed by atoms with E-state index >= 15 is 0 Å². The van der Waals surface area contributed by atoms with E-state index in [4.69, 9.17) is 0 Å². The summed E-state index contributed by atoms with van der Waals surface area (Å²) in [6.07, 6.45) is 0. The van der Waals surface area contributed by atoms with Crippen LogP contribution >= 0.6 is 0 Å². The quantitative estimate of drug-likeness (QED) is 0.896. The lowest BCUT2D eigenvalue weighted by molar-refractivity contribution is -0.121. The Balaban J connectivity index is 2.09. The Morgan fingerprint density at radius 3 is 2.59 bits per heavy atom. The van der Waals surface area contributed by atoms with E-state index in [2.05, 4.69) is 40.0 Å². The highest BCUT2D eigenvalue weighted by molar-refractivity contribution is 5.77. The summed E-state index contributed by atoms with van der Waals surface area (Å²) in [7, 11) is 1.65. The van der Waals surface area contributed by atoms with Gasteiger partial charge in [0.2, 0.25) is 5.91 Å². The van der Waals surface area contributed by atoms with Gasteiger partial charge >= 0.3 is 0 Å². The average molecular weight is 301 g/mol. The maximum atomic E-state index is 11.4. The molecule has 0 unspecified atom stereocenters. The van der Waals surface area contributed by atoms with Crippen molar-refractivity contribution in [2.45, 2.75) is 19.8 Å². The van der Waals surface area contributed by atoms with Gasteiger partial charge in [0.25, 0.3) is 0 Å². The molecule has 0 aliphatic carbocycles. The number of piperazine rings is 1. The van der Waals surface area contributed by atoms with E-state index in [9.17, 15) is 10.1 Å². The van der Waals surface area contributed by atoms with E-state index in [0.29, 0.717) is 18.0 Å². The number of hydrogen-bond acceptors (Lipinski definition) is 5. The fraction of sp³-hybridized carbons (Fsp3) is 0.562. The summed E-state index contributed by atoms with van der Waals surface area (Å²) in [6.45, 7) is 7.77. The van der Waals surface area contributed by atoms with Crippen LogP contribution in [0.2, 0.25) is 0 Å². The van der Waals surface area contributed by atoms with Gasteiger partial charge in [-0.1, -0.05) is 13.8 Å². The van der Waals surface area contributed by atoms with Crippen LogP contribution in [0.1, 0.15) is 31.0 Å². The Bertz CT molecular complexity index is 570. The van der Waals surface area contributed by atoms with E-state index in [1.807, 2.05) is 12.1 Å². The first-order chi connectivity index (χ1) is 10.5. The predicted molar refractivity (Wildman–Crippen MR) is 85.8 cm³/mol. The first-order valence-corrected chi connectivity index (χ1v) is 7.64. The average Bonchev–Trinajstić information content (AvgIpc) is 2.54. The third-order valence-electron chi connectivity index (χ3n) is 3.93. The molecule has 6 heteroatoms. The molecule has 1 aliphatic rings. The fourth-order valence-electron chi connectivity index (χ4n) is 2.51. The minimum Gasteiger partial charge on any atom is -0.358 e. The van der Waals surface area contributed by atoms with Crippen molar-refractivity contribution < 1.29 is 4.79 Å². The molecule has 1 N–H and O–H groups in total. The number of carbonyl (C=O) groups excluding carboxylic acids is 1. The second-order valence-corrected chi connectivity index (χ2v) is 5.81. The first-order valence-electron chi connectivity index (χ1n) is 7.64. The number of nitrogens with zero attached hydrogens (tertiary/aromatic N) is 4. The molecule has 0 spiro atoms. The van der Waals surface area contributed by atoms with Crippen molar-refractivity contribution in [1.82, 2.24) is 15.2 Å². The van der Waals surface area contributed by atoms with Crippen molar-refractivity contribution in [1.29, 1.82) is 5.26 Å². The van der Waals surface area contributed by atoms with Crippen LogP contribution in [0.3, 0.4) is 0 Å². The Kier molecular flexibility index (Phi) is 5.34. The van der Waals surface area contributed by atoms with Crippen molar-refractivity contribution in [3.8, 4) is 6.07 Å². The standard InChI is InChI=1S/C16H23N5O/c1-12(2)14-5-4-13(10-17)16(19-14)21-8-6-20(7-9-21)11-15(22)18-3/h4-5,12H,6-9,11H2,1-3H3,(H,18,22). The van der Waals surface area contributed by atoms with Crippen molar-refractivity contribution in [3.63, 3.8) is 0 Å². The van der Waals surface area contributed by atoms with Gasteiger partial charge in [-0.25, -0.2) is 4.98 Å². The Labute approximate surface area is 131 Å². The maximum absolute atomic E-state index is 11.4. The number of rotatable bonds is 4. The van der Waals surface area contributed by atoms with Gasteiger partial charge in [-0.2, -0.15) is 5.26 Å². The van der Waals surface area contributed by atoms with Crippen molar-refractivity contribution in [2.24, 2.45) is 0 Å². The van der Waals surface area contributed by atoms with Crippen LogP contribution in [-0.2, 0) is 4.79 Å². The molecule has 1 aromatic heterocycles. The summed E-state index contributed by atoms with van der Waals surface area (Å²) in [5.74, 6) is 1.14. The van der Waals surface area contributed by atoms with E-state index in [-0.39, 0.29) is 5.91 Å². The number of aromatic nitrogens is 1. The van der Waals surface area contributed by atoms with Gasteiger partial charge in [0.1, 0.15) is 11.9 Å². The van der Waals surface area contributed by atoms with Crippen LogP contribution in [-0.4, -0.2) is 55.6 Å². The number of carbonyl (C=O) groups is 1. The highest BCUT2D eigenvalue weighted by atomic mass is 16.1. The first kappa shape index (κ1) is 16.2. The van der Waals surface area contributed by atoms with Gasteiger partial charge in [-0.3, -0.25) is 9.69 Å². The summed E-state index contributed by atoms with van der Waals surface area (Å²) in [6, 6.07) is 6.01. The number of amides is 1. The topological polar surface area (TPSA) is 72.3 Å². The lowest BCUT2D eigenvalue weighted by Crippen LogP contribution is -2.49. The Morgan fingerprint density at radius 2 is 2.05 bits per heavy atom.